The maximum atomic E-state index is 13.0. The highest BCUT2D eigenvalue weighted by molar-refractivity contribution is 7.99. The summed E-state index contributed by atoms with van der Waals surface area (Å²) in [5, 5.41) is 2.46. The molecule has 1 fully saturated rings. The van der Waals surface area contributed by atoms with Crippen LogP contribution in [-0.2, 0) is 6.18 Å². The number of nitrogens with one attached hydrogen (secondary N) is 1. The van der Waals surface area contributed by atoms with Crippen LogP contribution in [0.25, 0.3) is 0 Å². The van der Waals surface area contributed by atoms with Crippen molar-refractivity contribution in [2.45, 2.75) is 25.4 Å². The smallest absolute Gasteiger partial charge is 0.308 e. The van der Waals surface area contributed by atoms with E-state index in [1.165, 1.54) is 17.8 Å². The highest BCUT2D eigenvalue weighted by atomic mass is 32.2. The molecule has 2 amide bonds. The lowest BCUT2D eigenvalue weighted by molar-refractivity contribution is -0.137. The van der Waals surface area contributed by atoms with E-state index in [9.17, 15) is 18.0 Å². The van der Waals surface area contributed by atoms with Crippen LogP contribution in [0.2, 0.25) is 0 Å². The normalized spacial score (nSPS) is 17.4. The maximum Gasteiger partial charge on any atom is 0.416 e. The first kappa shape index (κ1) is 18.6. The van der Waals surface area contributed by atoms with Gasteiger partial charge >= 0.3 is 12.2 Å². The van der Waals surface area contributed by atoms with E-state index < -0.39 is 17.1 Å². The third-order valence-electron chi connectivity index (χ3n) is 4.50. The van der Waals surface area contributed by atoms with Crippen LogP contribution >= 0.6 is 11.8 Å². The predicted molar refractivity (Wildman–Crippen MR) is 98.3 cm³/mol. The average Bonchev–Trinajstić information content (AvgIpc) is 3.08. The van der Waals surface area contributed by atoms with Crippen molar-refractivity contribution in [1.29, 1.82) is 0 Å². The monoisotopic (exact) mass is 380 g/mol. The molecule has 3 nitrogen and oxygen atoms in total. The zero-order valence-electron chi connectivity index (χ0n) is 14.4. The van der Waals surface area contributed by atoms with Gasteiger partial charge in [0.05, 0.1) is 5.56 Å². The van der Waals surface area contributed by atoms with Gasteiger partial charge in [-0.25, -0.2) is 4.79 Å². The summed E-state index contributed by atoms with van der Waals surface area (Å²) in [5.41, 5.74) is 2.54. The van der Waals surface area contributed by atoms with Gasteiger partial charge < -0.3 is 10.2 Å². The van der Waals surface area contributed by atoms with E-state index in [0.29, 0.717) is 17.9 Å². The fourth-order valence-corrected chi connectivity index (χ4v) is 4.14. The predicted octanol–water partition coefficient (Wildman–Crippen LogP) is 5.60. The lowest BCUT2D eigenvalue weighted by Crippen LogP contribution is -2.34. The minimum Gasteiger partial charge on any atom is -0.308 e. The van der Waals surface area contributed by atoms with Gasteiger partial charge in [0.1, 0.15) is 5.37 Å². The fraction of sp³-hybridized carbons (Fsp3) is 0.316. The summed E-state index contributed by atoms with van der Waals surface area (Å²) < 4.78 is 38.9. The van der Waals surface area contributed by atoms with Gasteiger partial charge in [-0.05, 0) is 48.7 Å². The summed E-state index contributed by atoms with van der Waals surface area (Å²) in [6.07, 6.45) is -4.40. The van der Waals surface area contributed by atoms with E-state index in [0.717, 1.165) is 28.9 Å². The van der Waals surface area contributed by atoms with Crippen molar-refractivity contribution in [3.63, 3.8) is 0 Å². The zero-order valence-corrected chi connectivity index (χ0v) is 15.2. The number of nitrogens with zero attached hydrogens (tertiary/aromatic N) is 1. The van der Waals surface area contributed by atoms with Crippen molar-refractivity contribution in [1.82, 2.24) is 4.90 Å². The van der Waals surface area contributed by atoms with E-state index in [4.69, 9.17) is 0 Å². The molecule has 2 aromatic carbocycles. The summed E-state index contributed by atoms with van der Waals surface area (Å²) in [6, 6.07) is 10.5. The SMILES string of the molecule is Cc1cccc(NC(=O)N2CCS[C@H]2c2cccc(C(F)(F)F)c2)c1C. The second-order valence-corrected chi connectivity index (χ2v) is 7.41. The Kier molecular flexibility index (Phi) is 5.18. The molecule has 0 saturated carbocycles. The van der Waals surface area contributed by atoms with Crippen LogP contribution in [0, 0.1) is 13.8 Å². The van der Waals surface area contributed by atoms with Crippen molar-refractivity contribution in [3.8, 4) is 0 Å². The van der Waals surface area contributed by atoms with E-state index in [1.54, 1.807) is 11.0 Å². The van der Waals surface area contributed by atoms with Crippen LogP contribution in [0.3, 0.4) is 0 Å². The Morgan fingerprint density at radius 3 is 2.65 bits per heavy atom. The van der Waals surface area contributed by atoms with Crippen LogP contribution in [0.1, 0.15) is 27.6 Å². The topological polar surface area (TPSA) is 32.3 Å². The second-order valence-electron chi connectivity index (χ2n) is 6.22. The number of rotatable bonds is 2. The van der Waals surface area contributed by atoms with Gasteiger partial charge in [0.25, 0.3) is 0 Å². The Morgan fingerprint density at radius 2 is 1.92 bits per heavy atom. The number of urea groups is 1. The first-order chi connectivity index (χ1) is 12.3. The number of hydrogen-bond acceptors (Lipinski definition) is 2. The van der Waals surface area contributed by atoms with Gasteiger partial charge in [-0.2, -0.15) is 13.2 Å². The van der Waals surface area contributed by atoms with Crippen molar-refractivity contribution in [3.05, 3.63) is 64.7 Å². The summed E-state index contributed by atoms with van der Waals surface area (Å²) in [5.74, 6) is 0.682. The third kappa shape index (κ3) is 3.82. The standard InChI is InChI=1S/C19H19F3N2OS/c1-12-5-3-8-16(13(12)2)23-18(25)24-9-10-26-17(24)14-6-4-7-15(11-14)19(20,21)22/h3-8,11,17H,9-10H2,1-2H3,(H,23,25)/t17-/m0/s1. The van der Waals surface area contributed by atoms with Gasteiger partial charge in [0, 0.05) is 18.0 Å². The first-order valence-corrected chi connectivity index (χ1v) is 9.25. The molecule has 1 aliphatic heterocycles. The van der Waals surface area contributed by atoms with Gasteiger partial charge in [-0.15, -0.1) is 11.8 Å². The Balaban J connectivity index is 1.82. The van der Waals surface area contributed by atoms with E-state index in [-0.39, 0.29) is 6.03 Å². The maximum absolute atomic E-state index is 13.0. The lowest BCUT2D eigenvalue weighted by Gasteiger charge is -2.25. The number of carbonyl (C=O) groups is 1. The van der Waals surface area contributed by atoms with E-state index >= 15 is 0 Å². The highest BCUT2D eigenvalue weighted by Crippen LogP contribution is 2.40. The first-order valence-electron chi connectivity index (χ1n) is 8.20. The number of alkyl halides is 3. The third-order valence-corrected chi connectivity index (χ3v) is 5.76. The number of benzene rings is 2. The second kappa shape index (κ2) is 7.23. The molecular formula is C19H19F3N2OS. The molecular weight excluding hydrogens is 361 g/mol. The number of carbonyl (C=O) groups excluding carboxylic acids is 1. The largest absolute Gasteiger partial charge is 0.416 e. The van der Waals surface area contributed by atoms with Crippen molar-refractivity contribution in [2.75, 3.05) is 17.6 Å². The molecule has 0 spiro atoms. The Bertz CT molecular complexity index is 823. The van der Waals surface area contributed by atoms with Crippen molar-refractivity contribution < 1.29 is 18.0 Å². The molecule has 138 valence electrons. The van der Waals surface area contributed by atoms with E-state index in [1.807, 2.05) is 32.0 Å². The molecule has 1 saturated heterocycles. The molecule has 1 heterocycles. The molecule has 2 aromatic rings. The molecule has 1 N–H and O–H groups in total. The molecule has 0 radical (unpaired) electrons. The molecule has 1 aliphatic rings. The van der Waals surface area contributed by atoms with Crippen molar-refractivity contribution in [2.24, 2.45) is 0 Å². The lowest BCUT2D eigenvalue weighted by atomic mass is 10.1. The molecule has 3 rings (SSSR count). The number of thioether (sulfide) groups is 1. The summed E-state index contributed by atoms with van der Waals surface area (Å²) in [6.45, 7) is 4.37. The summed E-state index contributed by atoms with van der Waals surface area (Å²) in [7, 11) is 0. The highest BCUT2D eigenvalue weighted by Gasteiger charge is 2.34. The minimum absolute atomic E-state index is 0.300. The van der Waals surface area contributed by atoms with Crippen LogP contribution in [-0.4, -0.2) is 23.2 Å². The molecule has 26 heavy (non-hydrogen) atoms. The number of halogens is 3. The van der Waals surface area contributed by atoms with Crippen LogP contribution < -0.4 is 5.32 Å². The number of anilines is 1. The molecule has 0 aromatic heterocycles. The van der Waals surface area contributed by atoms with Gasteiger partial charge in [0.15, 0.2) is 0 Å². The average molecular weight is 380 g/mol. The zero-order chi connectivity index (χ0) is 18.9. The Labute approximate surface area is 154 Å². The molecule has 0 unspecified atom stereocenters. The minimum atomic E-state index is -4.40. The molecule has 0 aliphatic carbocycles. The number of hydrogen-bond donors (Lipinski definition) is 1. The molecule has 1 atom stereocenters. The number of aryl methyl sites for hydroxylation is 1. The molecule has 0 bridgehead atoms. The number of amides is 2. The van der Waals surface area contributed by atoms with E-state index in [2.05, 4.69) is 5.32 Å². The van der Waals surface area contributed by atoms with Crippen LogP contribution in [0.5, 0.6) is 0 Å². The molecule has 7 heteroatoms. The van der Waals surface area contributed by atoms with Crippen molar-refractivity contribution >= 4 is 23.5 Å². The van der Waals surface area contributed by atoms with Gasteiger partial charge in [-0.3, -0.25) is 0 Å². The van der Waals surface area contributed by atoms with Gasteiger partial charge in [0.2, 0.25) is 0 Å². The summed E-state index contributed by atoms with van der Waals surface area (Å²) >= 11 is 1.47. The Hall–Kier alpha value is -2.15. The quantitative estimate of drug-likeness (QED) is 0.735. The Morgan fingerprint density at radius 1 is 1.19 bits per heavy atom. The van der Waals surface area contributed by atoms with Gasteiger partial charge in [-0.1, -0.05) is 24.3 Å². The fourth-order valence-electron chi connectivity index (χ4n) is 2.90. The van der Waals surface area contributed by atoms with Crippen LogP contribution in [0.15, 0.2) is 42.5 Å². The summed E-state index contributed by atoms with van der Waals surface area (Å²) in [4.78, 5) is 14.3. The van der Waals surface area contributed by atoms with Crippen LogP contribution in [0.4, 0.5) is 23.7 Å².